The Hall–Kier alpha value is -1.62. The molecule has 1 amide bonds. The van der Waals surface area contributed by atoms with Gasteiger partial charge in [-0.1, -0.05) is 6.08 Å². The van der Waals surface area contributed by atoms with Crippen LogP contribution in [-0.4, -0.2) is 17.0 Å². The Labute approximate surface area is 97.6 Å². The first-order valence-electron chi connectivity index (χ1n) is 4.78. The van der Waals surface area contributed by atoms with E-state index in [-0.39, 0.29) is 10.8 Å². The summed E-state index contributed by atoms with van der Waals surface area (Å²) < 4.78 is 0. The highest BCUT2D eigenvalue weighted by molar-refractivity contribution is 7.12. The predicted molar refractivity (Wildman–Crippen MR) is 64.1 cm³/mol. The summed E-state index contributed by atoms with van der Waals surface area (Å²) in [6.07, 6.45) is 2.55. The number of carboxylic acid groups (broad SMARTS) is 1. The maximum Gasteiger partial charge on any atom is 0.348 e. The van der Waals surface area contributed by atoms with Crippen molar-refractivity contribution < 1.29 is 14.7 Å². The molecule has 86 valence electrons. The minimum absolute atomic E-state index is 0.171. The maximum atomic E-state index is 11.4. The van der Waals surface area contributed by atoms with Crippen molar-refractivity contribution >= 4 is 28.9 Å². The number of aryl methyl sites for hydroxylation is 1. The molecule has 0 aliphatic heterocycles. The van der Waals surface area contributed by atoms with Gasteiger partial charge < -0.3 is 10.4 Å². The van der Waals surface area contributed by atoms with Gasteiger partial charge in [-0.15, -0.1) is 17.9 Å². The van der Waals surface area contributed by atoms with Gasteiger partial charge in [0, 0.05) is 6.42 Å². The van der Waals surface area contributed by atoms with E-state index in [0.717, 1.165) is 16.9 Å². The van der Waals surface area contributed by atoms with Gasteiger partial charge >= 0.3 is 5.97 Å². The number of hydrogen-bond donors (Lipinski definition) is 2. The van der Waals surface area contributed by atoms with E-state index >= 15 is 0 Å². The van der Waals surface area contributed by atoms with Crippen molar-refractivity contribution in [2.45, 2.75) is 19.8 Å². The van der Waals surface area contributed by atoms with E-state index in [2.05, 4.69) is 11.9 Å². The van der Waals surface area contributed by atoms with Crippen LogP contribution in [0.5, 0.6) is 0 Å². The van der Waals surface area contributed by atoms with Crippen molar-refractivity contribution in [2.24, 2.45) is 0 Å². The van der Waals surface area contributed by atoms with Crippen LogP contribution in [0.3, 0.4) is 0 Å². The molecule has 5 heteroatoms. The highest BCUT2D eigenvalue weighted by Gasteiger charge is 2.16. The quantitative estimate of drug-likeness (QED) is 0.776. The summed E-state index contributed by atoms with van der Waals surface area (Å²) in [7, 11) is 0. The van der Waals surface area contributed by atoms with Crippen molar-refractivity contribution in [1.82, 2.24) is 0 Å². The molecule has 1 aromatic rings. The number of thiophene rings is 1. The highest BCUT2D eigenvalue weighted by Crippen LogP contribution is 2.27. The van der Waals surface area contributed by atoms with Gasteiger partial charge in [0.1, 0.15) is 4.88 Å². The van der Waals surface area contributed by atoms with Gasteiger partial charge in [-0.05, 0) is 24.3 Å². The first kappa shape index (κ1) is 12.4. The number of hydrogen-bond acceptors (Lipinski definition) is 3. The molecular weight excluding hydrogens is 226 g/mol. The summed E-state index contributed by atoms with van der Waals surface area (Å²) in [5.74, 6) is -1.21. The first-order valence-corrected chi connectivity index (χ1v) is 5.66. The van der Waals surface area contributed by atoms with E-state index in [1.54, 1.807) is 18.4 Å². The van der Waals surface area contributed by atoms with Crippen LogP contribution in [-0.2, 0) is 4.79 Å². The molecule has 1 heterocycles. The molecule has 1 rings (SSSR count). The largest absolute Gasteiger partial charge is 0.477 e. The number of carboxylic acids is 1. The lowest BCUT2D eigenvalue weighted by Gasteiger charge is -2.05. The van der Waals surface area contributed by atoms with E-state index < -0.39 is 5.97 Å². The highest BCUT2D eigenvalue weighted by atomic mass is 32.1. The van der Waals surface area contributed by atoms with E-state index in [4.69, 9.17) is 5.11 Å². The lowest BCUT2D eigenvalue weighted by molar-refractivity contribution is -0.116. The number of anilines is 1. The van der Waals surface area contributed by atoms with Gasteiger partial charge in [0.2, 0.25) is 5.91 Å². The summed E-state index contributed by atoms with van der Waals surface area (Å²) in [6.45, 7) is 5.29. The Balaban J connectivity index is 2.79. The molecule has 0 saturated carbocycles. The van der Waals surface area contributed by atoms with Gasteiger partial charge in [-0.3, -0.25) is 4.79 Å². The van der Waals surface area contributed by atoms with Gasteiger partial charge in [0.05, 0.1) is 5.69 Å². The molecule has 1 aromatic heterocycles. The maximum absolute atomic E-state index is 11.4. The molecule has 0 fully saturated rings. The lowest BCUT2D eigenvalue weighted by atomic mass is 10.2. The number of carbonyl (C=O) groups is 2. The van der Waals surface area contributed by atoms with Crippen LogP contribution < -0.4 is 5.32 Å². The van der Waals surface area contributed by atoms with Gasteiger partial charge in [0.25, 0.3) is 0 Å². The van der Waals surface area contributed by atoms with E-state index in [0.29, 0.717) is 18.5 Å². The third kappa shape index (κ3) is 2.93. The number of allylic oxidation sites excluding steroid dienone is 1. The van der Waals surface area contributed by atoms with Crippen LogP contribution >= 0.6 is 11.3 Å². The van der Waals surface area contributed by atoms with E-state index in [1.165, 1.54) is 0 Å². The fourth-order valence-corrected chi connectivity index (χ4v) is 2.04. The Kier molecular flexibility index (Phi) is 4.25. The van der Waals surface area contributed by atoms with Crippen molar-refractivity contribution in [3.8, 4) is 0 Å². The molecule has 0 spiro atoms. The standard InChI is InChI=1S/C11H13NO3S/c1-3-4-5-8(13)12-9-7(2)6-16-10(9)11(14)15/h3,6H,1,4-5H2,2H3,(H,12,13)(H,14,15). The predicted octanol–water partition coefficient (Wildman–Crippen LogP) is 2.66. The topological polar surface area (TPSA) is 66.4 Å². The Bertz CT molecular complexity index is 423. The van der Waals surface area contributed by atoms with Gasteiger partial charge in [-0.25, -0.2) is 4.79 Å². The van der Waals surface area contributed by atoms with Crippen LogP contribution in [0, 0.1) is 6.92 Å². The Morgan fingerprint density at radius 1 is 1.62 bits per heavy atom. The van der Waals surface area contributed by atoms with Crippen LogP contribution in [0.2, 0.25) is 0 Å². The minimum atomic E-state index is -1.02. The average molecular weight is 239 g/mol. The third-order valence-corrected chi connectivity index (χ3v) is 3.09. The molecular formula is C11H13NO3S. The van der Waals surface area contributed by atoms with E-state index in [9.17, 15) is 9.59 Å². The second kappa shape index (κ2) is 5.46. The van der Waals surface area contributed by atoms with E-state index in [1.807, 2.05) is 0 Å². The number of rotatable bonds is 5. The molecule has 0 radical (unpaired) electrons. The van der Waals surface area contributed by atoms with Crippen molar-refractivity contribution in [3.63, 3.8) is 0 Å². The Morgan fingerprint density at radius 3 is 2.88 bits per heavy atom. The van der Waals surface area contributed by atoms with Crippen LogP contribution in [0.1, 0.15) is 28.1 Å². The van der Waals surface area contributed by atoms with Crippen molar-refractivity contribution in [2.75, 3.05) is 5.32 Å². The molecule has 0 aliphatic rings. The fraction of sp³-hybridized carbons (Fsp3) is 0.273. The molecule has 4 nitrogen and oxygen atoms in total. The van der Waals surface area contributed by atoms with Crippen LogP contribution in [0.25, 0.3) is 0 Å². The molecule has 2 N–H and O–H groups in total. The third-order valence-electron chi connectivity index (χ3n) is 2.01. The molecule has 0 bridgehead atoms. The molecule has 0 unspecified atom stereocenters. The smallest absolute Gasteiger partial charge is 0.348 e. The number of amides is 1. The molecule has 0 aliphatic carbocycles. The van der Waals surface area contributed by atoms with Crippen molar-refractivity contribution in [1.29, 1.82) is 0 Å². The summed E-state index contributed by atoms with van der Waals surface area (Å²) in [6, 6.07) is 0. The number of nitrogens with one attached hydrogen (secondary N) is 1. The summed E-state index contributed by atoms with van der Waals surface area (Å²) in [5.41, 5.74) is 1.18. The van der Waals surface area contributed by atoms with Gasteiger partial charge in [-0.2, -0.15) is 0 Å². The summed E-state index contributed by atoms with van der Waals surface area (Å²) >= 11 is 1.12. The second-order valence-corrected chi connectivity index (χ2v) is 4.18. The Morgan fingerprint density at radius 2 is 2.31 bits per heavy atom. The summed E-state index contributed by atoms with van der Waals surface area (Å²) in [4.78, 5) is 22.5. The molecule has 0 atom stereocenters. The normalized spacial score (nSPS) is 9.81. The van der Waals surface area contributed by atoms with Crippen molar-refractivity contribution in [3.05, 3.63) is 28.5 Å². The zero-order valence-electron chi connectivity index (χ0n) is 8.95. The summed E-state index contributed by atoms with van der Waals surface area (Å²) in [5, 5.41) is 13.2. The minimum Gasteiger partial charge on any atom is -0.477 e. The van der Waals surface area contributed by atoms with Gasteiger partial charge in [0.15, 0.2) is 0 Å². The van der Waals surface area contributed by atoms with Crippen LogP contribution in [0.4, 0.5) is 5.69 Å². The molecule has 0 saturated heterocycles. The lowest BCUT2D eigenvalue weighted by Crippen LogP contribution is -2.13. The van der Waals surface area contributed by atoms with Crippen LogP contribution in [0.15, 0.2) is 18.0 Å². The zero-order valence-corrected chi connectivity index (χ0v) is 9.76. The zero-order chi connectivity index (χ0) is 12.1. The average Bonchev–Trinajstić information content (AvgIpc) is 2.58. The molecule has 0 aromatic carbocycles. The number of aromatic carboxylic acids is 1. The second-order valence-electron chi connectivity index (χ2n) is 3.30. The monoisotopic (exact) mass is 239 g/mol. The molecule has 16 heavy (non-hydrogen) atoms. The first-order chi connectivity index (χ1) is 7.56. The number of carbonyl (C=O) groups excluding carboxylic acids is 1. The SMILES string of the molecule is C=CCCC(=O)Nc1c(C)csc1C(=O)O. The fourth-order valence-electron chi connectivity index (χ4n) is 1.19.